The van der Waals surface area contributed by atoms with E-state index in [2.05, 4.69) is 20.4 Å². The van der Waals surface area contributed by atoms with E-state index in [-0.39, 0.29) is 11.5 Å². The van der Waals surface area contributed by atoms with Gasteiger partial charge in [0.05, 0.1) is 28.8 Å². The fourth-order valence-corrected chi connectivity index (χ4v) is 3.60. The van der Waals surface area contributed by atoms with E-state index >= 15 is 0 Å². The van der Waals surface area contributed by atoms with Gasteiger partial charge in [0.2, 0.25) is 5.91 Å². The van der Waals surface area contributed by atoms with Crippen LogP contribution in [0.4, 0.5) is 5.69 Å². The Balaban J connectivity index is 1.56. The van der Waals surface area contributed by atoms with Crippen molar-refractivity contribution in [2.24, 2.45) is 0 Å². The van der Waals surface area contributed by atoms with Gasteiger partial charge in [-0.1, -0.05) is 30.0 Å². The van der Waals surface area contributed by atoms with Crippen LogP contribution in [0.15, 0.2) is 70.7 Å². The number of nitrogens with zero attached hydrogens (tertiary/aromatic N) is 4. The van der Waals surface area contributed by atoms with Gasteiger partial charge in [-0.15, -0.1) is 0 Å². The molecule has 0 saturated heterocycles. The average Bonchev–Trinajstić information content (AvgIpc) is 3.19. The van der Waals surface area contributed by atoms with Crippen LogP contribution in [0, 0.1) is 11.3 Å². The topological polar surface area (TPSA) is 116 Å². The van der Waals surface area contributed by atoms with Crippen LogP contribution < -0.4 is 10.9 Å². The lowest BCUT2D eigenvalue weighted by molar-refractivity contribution is -0.115. The Morgan fingerprint density at radius 2 is 1.93 bits per heavy atom. The molecule has 0 fully saturated rings. The minimum Gasteiger partial charge on any atom is -0.325 e. The summed E-state index contributed by atoms with van der Waals surface area (Å²) in [6.07, 6.45) is 1.48. The molecule has 0 bridgehead atoms. The highest BCUT2D eigenvalue weighted by atomic mass is 32.2. The van der Waals surface area contributed by atoms with Gasteiger partial charge in [-0.25, -0.2) is 9.67 Å². The van der Waals surface area contributed by atoms with Crippen LogP contribution in [0.3, 0.4) is 0 Å². The van der Waals surface area contributed by atoms with E-state index < -0.39 is 5.25 Å². The van der Waals surface area contributed by atoms with Crippen molar-refractivity contribution in [2.45, 2.75) is 17.3 Å². The quantitative estimate of drug-likeness (QED) is 0.381. The van der Waals surface area contributed by atoms with E-state index in [0.29, 0.717) is 27.4 Å². The van der Waals surface area contributed by atoms with Gasteiger partial charge in [0, 0.05) is 5.69 Å². The van der Waals surface area contributed by atoms with Gasteiger partial charge in [-0.2, -0.15) is 10.4 Å². The van der Waals surface area contributed by atoms with Gasteiger partial charge in [0.1, 0.15) is 5.39 Å². The summed E-state index contributed by atoms with van der Waals surface area (Å²) in [5.41, 5.74) is 2.00. The van der Waals surface area contributed by atoms with E-state index in [1.807, 2.05) is 36.4 Å². The molecule has 9 heteroatoms. The predicted octanol–water partition coefficient (Wildman–Crippen LogP) is 3.10. The van der Waals surface area contributed by atoms with E-state index in [9.17, 15) is 9.59 Å². The largest absolute Gasteiger partial charge is 0.325 e. The second-order valence-electron chi connectivity index (χ2n) is 6.44. The first-order chi connectivity index (χ1) is 14.5. The maximum absolute atomic E-state index is 12.5. The highest BCUT2D eigenvalue weighted by Gasteiger charge is 2.18. The third-order valence-corrected chi connectivity index (χ3v) is 5.34. The molecule has 0 aliphatic heterocycles. The van der Waals surface area contributed by atoms with E-state index in [1.54, 1.807) is 35.9 Å². The Kier molecular flexibility index (Phi) is 5.32. The number of nitriles is 1. The maximum Gasteiger partial charge on any atom is 0.262 e. The molecule has 0 unspecified atom stereocenters. The number of aromatic amines is 1. The Morgan fingerprint density at radius 1 is 1.20 bits per heavy atom. The normalized spacial score (nSPS) is 11.7. The monoisotopic (exact) mass is 416 g/mol. The zero-order chi connectivity index (χ0) is 21.1. The Bertz CT molecular complexity index is 1310. The highest BCUT2D eigenvalue weighted by Crippen LogP contribution is 2.22. The number of para-hydroxylation sites is 1. The molecule has 2 heterocycles. The third kappa shape index (κ3) is 3.94. The number of thioether (sulfide) groups is 1. The Labute approximate surface area is 175 Å². The van der Waals surface area contributed by atoms with Crippen molar-refractivity contribution in [3.8, 4) is 11.8 Å². The average molecular weight is 416 g/mol. The van der Waals surface area contributed by atoms with Crippen LogP contribution in [0.1, 0.15) is 12.5 Å². The molecule has 4 aromatic rings. The third-order valence-electron chi connectivity index (χ3n) is 4.36. The summed E-state index contributed by atoms with van der Waals surface area (Å²) in [5, 5.41) is 16.1. The zero-order valence-corrected chi connectivity index (χ0v) is 16.7. The summed E-state index contributed by atoms with van der Waals surface area (Å²) in [5.74, 6) is -0.246. The molecule has 0 aliphatic rings. The molecule has 30 heavy (non-hydrogen) atoms. The van der Waals surface area contributed by atoms with Crippen molar-refractivity contribution < 1.29 is 4.79 Å². The van der Waals surface area contributed by atoms with E-state index in [4.69, 9.17) is 5.26 Å². The molecule has 2 N–H and O–H groups in total. The molecular formula is C21H16N6O2S. The minimum atomic E-state index is -0.519. The molecule has 148 valence electrons. The molecule has 0 spiro atoms. The van der Waals surface area contributed by atoms with Crippen molar-refractivity contribution in [3.05, 3.63) is 76.7 Å². The molecule has 0 saturated carbocycles. The number of benzene rings is 2. The summed E-state index contributed by atoms with van der Waals surface area (Å²) in [7, 11) is 0. The first-order valence-corrected chi connectivity index (χ1v) is 9.94. The lowest BCUT2D eigenvalue weighted by Crippen LogP contribution is -2.23. The summed E-state index contributed by atoms with van der Waals surface area (Å²) in [6.45, 7) is 1.72. The lowest BCUT2D eigenvalue weighted by atomic mass is 10.2. The second kappa shape index (κ2) is 8.23. The van der Waals surface area contributed by atoms with Crippen molar-refractivity contribution in [3.63, 3.8) is 0 Å². The van der Waals surface area contributed by atoms with Crippen LogP contribution in [-0.2, 0) is 4.79 Å². The molecule has 4 rings (SSSR count). The van der Waals surface area contributed by atoms with Crippen LogP contribution in [-0.4, -0.2) is 30.9 Å². The maximum atomic E-state index is 12.5. The van der Waals surface area contributed by atoms with Gasteiger partial charge < -0.3 is 10.3 Å². The van der Waals surface area contributed by atoms with Crippen molar-refractivity contribution >= 4 is 34.4 Å². The number of nitrogens with one attached hydrogen (secondary N) is 2. The van der Waals surface area contributed by atoms with Crippen molar-refractivity contribution in [2.75, 3.05) is 5.32 Å². The number of H-pyrrole nitrogens is 1. The zero-order valence-electron chi connectivity index (χ0n) is 15.9. The molecule has 2 aromatic heterocycles. The molecular weight excluding hydrogens is 400 g/mol. The molecule has 1 atom stereocenters. The lowest BCUT2D eigenvalue weighted by Gasteiger charge is -2.11. The Morgan fingerprint density at radius 3 is 2.63 bits per heavy atom. The summed E-state index contributed by atoms with van der Waals surface area (Å²) in [6, 6.07) is 18.0. The van der Waals surface area contributed by atoms with Crippen LogP contribution in [0.25, 0.3) is 16.7 Å². The fourth-order valence-electron chi connectivity index (χ4n) is 2.81. The smallest absolute Gasteiger partial charge is 0.262 e. The van der Waals surface area contributed by atoms with Crippen molar-refractivity contribution in [1.82, 2.24) is 19.7 Å². The summed E-state index contributed by atoms with van der Waals surface area (Å²) in [4.78, 5) is 32.2. The number of aromatic nitrogens is 4. The number of hydrogen-bond acceptors (Lipinski definition) is 6. The van der Waals surface area contributed by atoms with Crippen LogP contribution in [0.2, 0.25) is 0 Å². The summed E-state index contributed by atoms with van der Waals surface area (Å²) < 4.78 is 1.59. The molecule has 1 amide bonds. The minimum absolute atomic E-state index is 0.246. The van der Waals surface area contributed by atoms with Gasteiger partial charge in [-0.3, -0.25) is 9.59 Å². The highest BCUT2D eigenvalue weighted by molar-refractivity contribution is 8.00. The fraction of sp³-hybridized carbons (Fsp3) is 0.0952. The molecule has 2 aromatic carbocycles. The number of rotatable bonds is 5. The first-order valence-electron chi connectivity index (χ1n) is 9.06. The van der Waals surface area contributed by atoms with Crippen molar-refractivity contribution in [1.29, 1.82) is 5.26 Å². The Hall–Kier alpha value is -3.90. The van der Waals surface area contributed by atoms with E-state index in [1.165, 1.54) is 6.20 Å². The number of hydrogen-bond donors (Lipinski definition) is 2. The van der Waals surface area contributed by atoms with Gasteiger partial charge in [0.15, 0.2) is 10.8 Å². The van der Waals surface area contributed by atoms with Gasteiger partial charge >= 0.3 is 0 Å². The second-order valence-corrected chi connectivity index (χ2v) is 7.77. The number of fused-ring (bicyclic) bond motifs is 1. The predicted molar refractivity (Wildman–Crippen MR) is 115 cm³/mol. The number of amides is 1. The molecule has 8 nitrogen and oxygen atoms in total. The number of anilines is 1. The van der Waals surface area contributed by atoms with E-state index in [0.717, 1.165) is 17.4 Å². The van der Waals surface area contributed by atoms with Crippen LogP contribution >= 0.6 is 11.8 Å². The van der Waals surface area contributed by atoms with Crippen LogP contribution in [0.5, 0.6) is 0 Å². The van der Waals surface area contributed by atoms with Gasteiger partial charge in [-0.05, 0) is 43.3 Å². The standard InChI is InChI=1S/C21H16N6O2S/c1-13(19(28)24-15-9-7-14(11-22)8-10-15)30-21-25-18-17(20(29)26-21)12-23-27(18)16-5-3-2-4-6-16/h2-10,12-13H,1H3,(H,24,28)(H,25,26,29)/t13-/m1/s1. The molecule has 0 aliphatic carbocycles. The number of carbonyl (C=O) groups is 1. The summed E-state index contributed by atoms with van der Waals surface area (Å²) >= 11 is 1.14. The van der Waals surface area contributed by atoms with Gasteiger partial charge in [0.25, 0.3) is 5.56 Å². The molecule has 0 radical (unpaired) electrons. The number of carbonyl (C=O) groups excluding carboxylic acids is 1. The first kappa shape index (κ1) is 19.4. The SMILES string of the molecule is C[C@@H](Sc1nc2c(cnn2-c2ccccc2)c(=O)[nH]1)C(=O)Nc1ccc(C#N)cc1.